The molecule has 0 bridgehead atoms. The van der Waals surface area contributed by atoms with E-state index >= 15 is 0 Å². The third kappa shape index (κ3) is 4.07. The Morgan fingerprint density at radius 3 is 2.79 bits per heavy atom. The van der Waals surface area contributed by atoms with Crippen molar-refractivity contribution in [2.45, 2.75) is 37.5 Å². The van der Waals surface area contributed by atoms with Crippen LogP contribution in [0.4, 0.5) is 0 Å². The van der Waals surface area contributed by atoms with E-state index < -0.39 is 6.04 Å². The van der Waals surface area contributed by atoms with Gasteiger partial charge >= 0.3 is 0 Å². The van der Waals surface area contributed by atoms with E-state index in [1.807, 2.05) is 11.8 Å². The summed E-state index contributed by atoms with van der Waals surface area (Å²) >= 11 is 1.94. The van der Waals surface area contributed by atoms with Gasteiger partial charge < -0.3 is 11.1 Å². The summed E-state index contributed by atoms with van der Waals surface area (Å²) in [5, 5.41) is 2.88. The molecule has 1 fully saturated rings. The van der Waals surface area contributed by atoms with Crippen molar-refractivity contribution >= 4 is 30.1 Å². The average molecular weight is 239 g/mol. The number of rotatable bonds is 3. The molecule has 0 saturated carbocycles. The highest BCUT2D eigenvalue weighted by Crippen LogP contribution is 2.36. The Morgan fingerprint density at radius 2 is 2.36 bits per heavy atom. The molecule has 14 heavy (non-hydrogen) atoms. The van der Waals surface area contributed by atoms with Gasteiger partial charge in [0.25, 0.3) is 0 Å². The zero-order chi connectivity index (χ0) is 9.90. The summed E-state index contributed by atoms with van der Waals surface area (Å²) in [6.07, 6.45) is 2.45. The molecule has 0 aromatic heterocycles. The largest absolute Gasteiger partial charge is 0.353 e. The molecule has 1 unspecified atom stereocenters. The Bertz CT molecular complexity index is 193. The number of thioether (sulfide) groups is 1. The monoisotopic (exact) mass is 238 g/mol. The SMILES string of the molecule is C[C@H](N)C(=O)NCC1(C)CCCS1.Cl. The van der Waals surface area contributed by atoms with Crippen molar-refractivity contribution < 1.29 is 4.79 Å². The van der Waals surface area contributed by atoms with Gasteiger partial charge in [-0.3, -0.25) is 4.79 Å². The summed E-state index contributed by atoms with van der Waals surface area (Å²) < 4.78 is 0.241. The van der Waals surface area contributed by atoms with E-state index in [2.05, 4.69) is 12.2 Å². The Kier molecular flexibility index (Phi) is 5.86. The summed E-state index contributed by atoms with van der Waals surface area (Å²) in [5.41, 5.74) is 5.44. The standard InChI is InChI=1S/C9H18N2OS.ClH/c1-7(10)8(12)11-6-9(2)4-3-5-13-9;/h7H,3-6,10H2,1-2H3,(H,11,12);1H/t7-,9?;/m0./s1. The number of nitrogens with one attached hydrogen (secondary N) is 1. The lowest BCUT2D eigenvalue weighted by molar-refractivity contribution is -0.122. The predicted octanol–water partition coefficient (Wildman–Crippen LogP) is 1.16. The van der Waals surface area contributed by atoms with E-state index in [0.29, 0.717) is 0 Å². The van der Waals surface area contributed by atoms with Gasteiger partial charge in [0.2, 0.25) is 5.91 Å². The molecule has 1 aliphatic heterocycles. The van der Waals surface area contributed by atoms with Crippen LogP contribution in [0.2, 0.25) is 0 Å². The summed E-state index contributed by atoms with van der Waals surface area (Å²) in [7, 11) is 0. The van der Waals surface area contributed by atoms with Crippen LogP contribution in [0.5, 0.6) is 0 Å². The molecule has 3 nitrogen and oxygen atoms in total. The number of hydrogen-bond acceptors (Lipinski definition) is 3. The van der Waals surface area contributed by atoms with Crippen molar-refractivity contribution in [1.29, 1.82) is 0 Å². The number of amides is 1. The lowest BCUT2D eigenvalue weighted by Gasteiger charge is -2.23. The van der Waals surface area contributed by atoms with Crippen LogP contribution in [0.25, 0.3) is 0 Å². The highest BCUT2D eigenvalue weighted by atomic mass is 35.5. The number of halogens is 1. The van der Waals surface area contributed by atoms with Gasteiger partial charge in [-0.15, -0.1) is 12.4 Å². The molecule has 1 amide bonds. The maximum atomic E-state index is 11.2. The van der Waals surface area contributed by atoms with E-state index in [4.69, 9.17) is 5.73 Å². The van der Waals surface area contributed by atoms with Crippen molar-refractivity contribution in [2.75, 3.05) is 12.3 Å². The van der Waals surface area contributed by atoms with Gasteiger partial charge in [0, 0.05) is 11.3 Å². The summed E-state index contributed by atoms with van der Waals surface area (Å²) in [4.78, 5) is 11.2. The van der Waals surface area contributed by atoms with Gasteiger partial charge in [-0.05, 0) is 32.4 Å². The molecular weight excluding hydrogens is 220 g/mol. The van der Waals surface area contributed by atoms with E-state index in [9.17, 15) is 4.79 Å². The van der Waals surface area contributed by atoms with Crippen molar-refractivity contribution in [3.8, 4) is 0 Å². The quantitative estimate of drug-likeness (QED) is 0.776. The van der Waals surface area contributed by atoms with Crippen LogP contribution in [-0.4, -0.2) is 29.0 Å². The molecule has 0 radical (unpaired) electrons. The van der Waals surface area contributed by atoms with Gasteiger partial charge in [-0.2, -0.15) is 11.8 Å². The van der Waals surface area contributed by atoms with Crippen LogP contribution in [0.3, 0.4) is 0 Å². The second-order valence-electron chi connectivity index (χ2n) is 3.91. The zero-order valence-corrected chi connectivity index (χ0v) is 10.3. The topological polar surface area (TPSA) is 55.1 Å². The van der Waals surface area contributed by atoms with Crippen LogP contribution in [0.1, 0.15) is 26.7 Å². The first-order valence-corrected chi connectivity index (χ1v) is 5.69. The molecule has 0 aliphatic carbocycles. The molecule has 3 N–H and O–H groups in total. The van der Waals surface area contributed by atoms with Crippen LogP contribution in [-0.2, 0) is 4.79 Å². The van der Waals surface area contributed by atoms with Crippen LogP contribution < -0.4 is 11.1 Å². The van der Waals surface area contributed by atoms with Gasteiger partial charge in [0.15, 0.2) is 0 Å². The highest BCUT2D eigenvalue weighted by Gasteiger charge is 2.29. The highest BCUT2D eigenvalue weighted by molar-refractivity contribution is 8.00. The third-order valence-corrected chi connectivity index (χ3v) is 3.89. The van der Waals surface area contributed by atoms with Crippen LogP contribution in [0.15, 0.2) is 0 Å². The minimum Gasteiger partial charge on any atom is -0.353 e. The molecule has 1 aliphatic rings. The minimum absolute atomic E-state index is 0. The molecule has 84 valence electrons. The smallest absolute Gasteiger partial charge is 0.236 e. The summed E-state index contributed by atoms with van der Waals surface area (Å²) in [6, 6.07) is -0.394. The molecular formula is C9H19ClN2OS. The van der Waals surface area contributed by atoms with Crippen molar-refractivity contribution in [2.24, 2.45) is 5.73 Å². The van der Waals surface area contributed by atoms with Crippen LogP contribution in [0, 0.1) is 0 Å². The molecule has 0 aromatic carbocycles. The number of nitrogens with two attached hydrogens (primary N) is 1. The van der Waals surface area contributed by atoms with Gasteiger partial charge in [0.05, 0.1) is 6.04 Å². The Hall–Kier alpha value is 0.0700. The normalized spacial score (nSPS) is 27.9. The van der Waals surface area contributed by atoms with Crippen LogP contribution >= 0.6 is 24.2 Å². The third-order valence-electron chi connectivity index (χ3n) is 2.35. The van der Waals surface area contributed by atoms with E-state index in [1.54, 1.807) is 6.92 Å². The first kappa shape index (κ1) is 14.1. The van der Waals surface area contributed by atoms with Crippen molar-refractivity contribution in [1.82, 2.24) is 5.32 Å². The van der Waals surface area contributed by atoms with Gasteiger partial charge in [-0.25, -0.2) is 0 Å². The number of carbonyl (C=O) groups is 1. The Morgan fingerprint density at radius 1 is 1.71 bits per heavy atom. The second-order valence-corrected chi connectivity index (χ2v) is 5.59. The molecule has 2 atom stereocenters. The van der Waals surface area contributed by atoms with E-state index in [0.717, 1.165) is 6.54 Å². The number of carbonyl (C=O) groups excluding carboxylic acids is 1. The zero-order valence-electron chi connectivity index (χ0n) is 8.71. The lowest BCUT2D eigenvalue weighted by atomic mass is 10.1. The number of hydrogen-bond donors (Lipinski definition) is 2. The first-order chi connectivity index (χ1) is 6.03. The van der Waals surface area contributed by atoms with Crippen molar-refractivity contribution in [3.05, 3.63) is 0 Å². The Balaban J connectivity index is 0.00000169. The fraction of sp³-hybridized carbons (Fsp3) is 0.889. The van der Waals surface area contributed by atoms with E-state index in [-0.39, 0.29) is 23.1 Å². The maximum absolute atomic E-state index is 11.2. The van der Waals surface area contributed by atoms with Gasteiger partial charge in [-0.1, -0.05) is 0 Å². The maximum Gasteiger partial charge on any atom is 0.236 e. The average Bonchev–Trinajstić information content (AvgIpc) is 2.48. The molecule has 5 heteroatoms. The fourth-order valence-electron chi connectivity index (χ4n) is 1.41. The van der Waals surface area contributed by atoms with Crippen molar-refractivity contribution in [3.63, 3.8) is 0 Å². The molecule has 1 heterocycles. The molecule has 0 aromatic rings. The van der Waals surface area contributed by atoms with E-state index in [1.165, 1.54) is 18.6 Å². The first-order valence-electron chi connectivity index (χ1n) is 4.71. The predicted molar refractivity (Wildman–Crippen MR) is 64.0 cm³/mol. The Labute approximate surface area is 96.0 Å². The molecule has 1 rings (SSSR count). The minimum atomic E-state index is -0.394. The lowest BCUT2D eigenvalue weighted by Crippen LogP contribution is -2.43. The fourth-order valence-corrected chi connectivity index (χ4v) is 2.66. The van der Waals surface area contributed by atoms with Gasteiger partial charge in [0.1, 0.15) is 0 Å². The summed E-state index contributed by atoms with van der Waals surface area (Å²) in [5.74, 6) is 1.17. The second kappa shape index (κ2) is 5.83. The summed E-state index contributed by atoms with van der Waals surface area (Å²) in [6.45, 7) is 4.66. The molecule has 0 spiro atoms. The molecule has 1 saturated heterocycles.